The van der Waals surface area contributed by atoms with Crippen molar-refractivity contribution in [2.45, 2.75) is 25.7 Å². The summed E-state index contributed by atoms with van der Waals surface area (Å²) in [5.41, 5.74) is 1.68. The Balaban J connectivity index is 1.28. The number of oxazole rings is 1. The summed E-state index contributed by atoms with van der Waals surface area (Å²) in [5, 5.41) is 5.65. The highest BCUT2D eigenvalue weighted by atomic mass is 19.1. The van der Waals surface area contributed by atoms with Crippen LogP contribution in [0.15, 0.2) is 59.1 Å². The number of amides is 2. The first-order valence-electron chi connectivity index (χ1n) is 9.49. The summed E-state index contributed by atoms with van der Waals surface area (Å²) in [5.74, 6) is 0.319. The van der Waals surface area contributed by atoms with Gasteiger partial charge in [-0.25, -0.2) is 9.37 Å². The van der Waals surface area contributed by atoms with Gasteiger partial charge in [-0.05, 0) is 49.2 Å². The zero-order chi connectivity index (χ0) is 20.2. The molecule has 148 valence electrons. The van der Waals surface area contributed by atoms with Gasteiger partial charge in [0, 0.05) is 30.1 Å². The van der Waals surface area contributed by atoms with Crippen molar-refractivity contribution < 1.29 is 18.4 Å². The van der Waals surface area contributed by atoms with Crippen molar-refractivity contribution in [2.24, 2.45) is 5.92 Å². The summed E-state index contributed by atoms with van der Waals surface area (Å²) in [6, 6.07) is 13.3. The van der Waals surface area contributed by atoms with E-state index in [0.29, 0.717) is 35.0 Å². The molecule has 1 aliphatic rings. The molecule has 0 bridgehead atoms. The second kappa shape index (κ2) is 8.26. The summed E-state index contributed by atoms with van der Waals surface area (Å²) in [4.78, 5) is 28.0. The van der Waals surface area contributed by atoms with Gasteiger partial charge in [-0.15, -0.1) is 0 Å². The van der Waals surface area contributed by atoms with E-state index < -0.39 is 0 Å². The molecule has 29 heavy (non-hydrogen) atoms. The van der Waals surface area contributed by atoms with Crippen LogP contribution in [0.4, 0.5) is 15.8 Å². The van der Waals surface area contributed by atoms with E-state index in [2.05, 4.69) is 15.6 Å². The van der Waals surface area contributed by atoms with Gasteiger partial charge in [-0.1, -0.05) is 12.1 Å². The minimum absolute atomic E-state index is 0.0440. The van der Waals surface area contributed by atoms with Crippen LogP contribution < -0.4 is 10.6 Å². The lowest BCUT2D eigenvalue weighted by Gasteiger charge is -2.07. The normalized spacial score (nSPS) is 13.1. The van der Waals surface area contributed by atoms with Gasteiger partial charge in [0.05, 0.1) is 11.8 Å². The van der Waals surface area contributed by atoms with Gasteiger partial charge in [-0.3, -0.25) is 9.59 Å². The minimum atomic E-state index is -0.385. The maximum atomic E-state index is 13.8. The van der Waals surface area contributed by atoms with E-state index in [1.54, 1.807) is 42.5 Å². The third-order valence-corrected chi connectivity index (χ3v) is 4.64. The SMILES string of the molecule is O=C(CCc1ncc(-c2ccccc2F)o1)Nc1ccc(NC(=O)C2CC2)cc1. The summed E-state index contributed by atoms with van der Waals surface area (Å²) in [7, 11) is 0. The zero-order valence-electron chi connectivity index (χ0n) is 15.7. The largest absolute Gasteiger partial charge is 0.441 e. The van der Waals surface area contributed by atoms with Crippen molar-refractivity contribution in [1.29, 1.82) is 0 Å². The topological polar surface area (TPSA) is 84.2 Å². The average molecular weight is 393 g/mol. The third kappa shape index (κ3) is 4.87. The molecular formula is C22H20FN3O3. The lowest BCUT2D eigenvalue weighted by Crippen LogP contribution is -2.14. The number of hydrogen-bond acceptors (Lipinski definition) is 4. The zero-order valence-corrected chi connectivity index (χ0v) is 15.7. The van der Waals surface area contributed by atoms with Gasteiger partial charge < -0.3 is 15.1 Å². The molecule has 1 heterocycles. The Labute approximate surface area is 167 Å². The predicted octanol–water partition coefficient (Wildman–Crippen LogP) is 4.40. The van der Waals surface area contributed by atoms with E-state index in [9.17, 15) is 14.0 Å². The molecule has 1 fully saturated rings. The number of aromatic nitrogens is 1. The fourth-order valence-corrected chi connectivity index (χ4v) is 2.88. The Morgan fingerprint density at radius 1 is 1.03 bits per heavy atom. The molecule has 2 aromatic carbocycles. The molecule has 0 saturated heterocycles. The van der Waals surface area contributed by atoms with Crippen molar-refractivity contribution in [1.82, 2.24) is 4.98 Å². The summed E-state index contributed by atoms with van der Waals surface area (Å²) < 4.78 is 19.4. The first-order chi connectivity index (χ1) is 14.1. The van der Waals surface area contributed by atoms with Crippen LogP contribution in [0.2, 0.25) is 0 Å². The number of hydrogen-bond donors (Lipinski definition) is 2. The maximum Gasteiger partial charge on any atom is 0.227 e. The average Bonchev–Trinajstić information content (AvgIpc) is 3.47. The number of carbonyl (C=O) groups excluding carboxylic acids is 2. The molecule has 0 atom stereocenters. The standard InChI is InChI=1S/C22H20FN3O3/c23-18-4-2-1-3-17(18)19-13-24-21(29-19)12-11-20(27)25-15-7-9-16(10-8-15)26-22(28)14-5-6-14/h1-4,7-10,13-14H,5-6,11-12H2,(H,25,27)(H,26,28). The highest BCUT2D eigenvalue weighted by Gasteiger charge is 2.29. The second-order valence-electron chi connectivity index (χ2n) is 6.99. The number of nitrogens with one attached hydrogen (secondary N) is 2. The van der Waals surface area contributed by atoms with Crippen LogP contribution in [0.1, 0.15) is 25.2 Å². The molecule has 2 amide bonds. The highest BCUT2D eigenvalue weighted by molar-refractivity contribution is 5.95. The van der Waals surface area contributed by atoms with Gasteiger partial charge in [0.25, 0.3) is 0 Å². The molecule has 1 aliphatic carbocycles. The molecule has 0 unspecified atom stereocenters. The predicted molar refractivity (Wildman–Crippen MR) is 107 cm³/mol. The Morgan fingerprint density at radius 3 is 2.41 bits per heavy atom. The quantitative estimate of drug-likeness (QED) is 0.623. The van der Waals surface area contributed by atoms with Gasteiger partial charge in [-0.2, -0.15) is 0 Å². The van der Waals surface area contributed by atoms with E-state index in [4.69, 9.17) is 4.42 Å². The van der Waals surface area contributed by atoms with Crippen molar-refractivity contribution >= 4 is 23.2 Å². The van der Waals surface area contributed by atoms with Gasteiger partial charge in [0.2, 0.25) is 11.8 Å². The fourth-order valence-electron chi connectivity index (χ4n) is 2.88. The number of rotatable bonds is 7. The monoisotopic (exact) mass is 393 g/mol. The van der Waals surface area contributed by atoms with Crippen molar-refractivity contribution in [3.05, 3.63) is 66.4 Å². The van der Waals surface area contributed by atoms with E-state index in [-0.39, 0.29) is 30.0 Å². The Morgan fingerprint density at radius 2 is 1.72 bits per heavy atom. The van der Waals surface area contributed by atoms with E-state index in [1.165, 1.54) is 12.3 Å². The smallest absolute Gasteiger partial charge is 0.227 e. The summed E-state index contributed by atoms with van der Waals surface area (Å²) in [6.45, 7) is 0. The van der Waals surface area contributed by atoms with Gasteiger partial charge in [0.1, 0.15) is 5.82 Å². The molecule has 7 heteroatoms. The van der Waals surface area contributed by atoms with Crippen LogP contribution in [-0.4, -0.2) is 16.8 Å². The van der Waals surface area contributed by atoms with E-state index >= 15 is 0 Å². The number of anilines is 2. The molecule has 1 aromatic heterocycles. The number of nitrogens with zero attached hydrogens (tertiary/aromatic N) is 1. The number of aryl methyl sites for hydroxylation is 1. The van der Waals surface area contributed by atoms with Crippen LogP contribution >= 0.6 is 0 Å². The Bertz CT molecular complexity index is 1030. The lowest BCUT2D eigenvalue weighted by atomic mass is 10.2. The van der Waals surface area contributed by atoms with Crippen LogP contribution in [0, 0.1) is 11.7 Å². The molecule has 0 aliphatic heterocycles. The van der Waals surface area contributed by atoms with Crippen LogP contribution in [0.25, 0.3) is 11.3 Å². The first-order valence-corrected chi connectivity index (χ1v) is 9.49. The molecule has 0 spiro atoms. The number of carbonyl (C=O) groups is 2. The minimum Gasteiger partial charge on any atom is -0.441 e. The molecular weight excluding hydrogens is 373 g/mol. The Hall–Kier alpha value is -3.48. The molecule has 4 rings (SSSR count). The molecule has 2 N–H and O–H groups in total. The van der Waals surface area contributed by atoms with Crippen LogP contribution in [0.3, 0.4) is 0 Å². The highest BCUT2D eigenvalue weighted by Crippen LogP contribution is 2.30. The van der Waals surface area contributed by atoms with Crippen molar-refractivity contribution in [3.63, 3.8) is 0 Å². The molecule has 0 radical (unpaired) electrons. The lowest BCUT2D eigenvalue weighted by molar-refractivity contribution is -0.117. The number of benzene rings is 2. The third-order valence-electron chi connectivity index (χ3n) is 4.64. The fraction of sp³-hybridized carbons (Fsp3) is 0.227. The first kappa shape index (κ1) is 18.9. The Kier molecular flexibility index (Phi) is 5.37. The molecule has 6 nitrogen and oxygen atoms in total. The molecule has 1 saturated carbocycles. The van der Waals surface area contributed by atoms with Gasteiger partial charge in [0.15, 0.2) is 11.7 Å². The van der Waals surface area contributed by atoms with Crippen molar-refractivity contribution in [2.75, 3.05) is 10.6 Å². The van der Waals surface area contributed by atoms with Gasteiger partial charge >= 0.3 is 0 Å². The summed E-state index contributed by atoms with van der Waals surface area (Å²) in [6.07, 6.45) is 3.84. The van der Waals surface area contributed by atoms with E-state index in [0.717, 1.165) is 12.8 Å². The maximum absolute atomic E-state index is 13.8. The van der Waals surface area contributed by atoms with E-state index in [1.807, 2.05) is 0 Å². The second-order valence-corrected chi connectivity index (χ2v) is 6.99. The number of halogens is 1. The van der Waals surface area contributed by atoms with Crippen LogP contribution in [0.5, 0.6) is 0 Å². The summed E-state index contributed by atoms with van der Waals surface area (Å²) >= 11 is 0. The van der Waals surface area contributed by atoms with Crippen molar-refractivity contribution in [3.8, 4) is 11.3 Å². The van der Waals surface area contributed by atoms with Crippen LogP contribution in [-0.2, 0) is 16.0 Å². The molecule has 3 aromatic rings.